The molecule has 1 heterocycles. The largest absolute Gasteiger partial charge is 0.476 e. The lowest BCUT2D eigenvalue weighted by molar-refractivity contribution is 0.0690. The fraction of sp³-hybridized carbons (Fsp3) is 0.556. The van der Waals surface area contributed by atoms with Gasteiger partial charge in [0.2, 0.25) is 0 Å². The number of carboxylic acids is 1. The van der Waals surface area contributed by atoms with Crippen LogP contribution >= 0.6 is 11.3 Å². The topological polar surface area (TPSA) is 76.2 Å². The van der Waals surface area contributed by atoms with Crippen LogP contribution in [0.3, 0.4) is 0 Å². The van der Waals surface area contributed by atoms with Gasteiger partial charge in [0.25, 0.3) is 0 Å². The minimum atomic E-state index is -0.978. The number of nitrogens with zero attached hydrogens (tertiary/aromatic N) is 1. The van der Waals surface area contributed by atoms with Crippen molar-refractivity contribution < 1.29 is 9.90 Å². The van der Waals surface area contributed by atoms with Gasteiger partial charge in [0.05, 0.1) is 5.54 Å². The van der Waals surface area contributed by atoms with E-state index in [2.05, 4.69) is 4.98 Å². The van der Waals surface area contributed by atoms with Crippen LogP contribution in [-0.4, -0.2) is 16.1 Å². The van der Waals surface area contributed by atoms with E-state index in [9.17, 15) is 4.79 Å². The van der Waals surface area contributed by atoms with Crippen LogP contribution in [0.25, 0.3) is 0 Å². The first kappa shape index (κ1) is 11.1. The van der Waals surface area contributed by atoms with Crippen molar-refractivity contribution in [3.05, 3.63) is 15.6 Å². The lowest BCUT2D eigenvalue weighted by atomic mass is 10.1. The van der Waals surface area contributed by atoms with E-state index in [0.717, 1.165) is 4.88 Å². The number of thiazole rings is 1. The fourth-order valence-corrected chi connectivity index (χ4v) is 2.04. The number of nitrogens with two attached hydrogens (primary N) is 1. The molecule has 3 N–H and O–H groups in total. The molecule has 5 heteroatoms. The third kappa shape index (κ3) is 2.10. The first-order valence-electron chi connectivity index (χ1n) is 4.38. The first-order valence-corrected chi connectivity index (χ1v) is 5.20. The predicted octanol–water partition coefficient (Wildman–Crippen LogP) is 1.60. The van der Waals surface area contributed by atoms with Crippen molar-refractivity contribution in [1.82, 2.24) is 4.98 Å². The lowest BCUT2D eigenvalue weighted by Gasteiger charge is -2.13. The monoisotopic (exact) mass is 214 g/mol. The number of aromatic carboxylic acids is 1. The number of rotatable bonds is 3. The summed E-state index contributed by atoms with van der Waals surface area (Å²) in [4.78, 5) is 15.7. The Bertz CT molecular complexity index is 352. The van der Waals surface area contributed by atoms with Crippen molar-refractivity contribution >= 4 is 17.3 Å². The molecule has 4 nitrogen and oxygen atoms in total. The van der Waals surface area contributed by atoms with Gasteiger partial charge < -0.3 is 10.8 Å². The maximum absolute atomic E-state index is 10.8. The molecule has 0 saturated heterocycles. The van der Waals surface area contributed by atoms with Gasteiger partial charge in [0.15, 0.2) is 5.69 Å². The average molecular weight is 214 g/mol. The van der Waals surface area contributed by atoms with Crippen molar-refractivity contribution in [2.45, 2.75) is 32.7 Å². The van der Waals surface area contributed by atoms with E-state index >= 15 is 0 Å². The number of carboxylic acid groups (broad SMARTS) is 1. The fourth-order valence-electron chi connectivity index (χ4n) is 1.03. The van der Waals surface area contributed by atoms with Gasteiger partial charge in [-0.3, -0.25) is 0 Å². The Kier molecular flexibility index (Phi) is 2.92. The highest BCUT2D eigenvalue weighted by Crippen LogP contribution is 2.26. The van der Waals surface area contributed by atoms with Gasteiger partial charge in [0, 0.05) is 4.88 Å². The highest BCUT2D eigenvalue weighted by molar-refractivity contribution is 7.12. The molecule has 0 aliphatic heterocycles. The third-order valence-corrected chi connectivity index (χ3v) is 3.31. The maximum atomic E-state index is 10.8. The van der Waals surface area contributed by atoms with Crippen molar-refractivity contribution in [3.63, 3.8) is 0 Å². The van der Waals surface area contributed by atoms with Gasteiger partial charge >= 0.3 is 5.97 Å². The molecule has 1 rings (SSSR count). The molecule has 0 aliphatic rings. The molecule has 0 radical (unpaired) electrons. The zero-order chi connectivity index (χ0) is 10.9. The summed E-state index contributed by atoms with van der Waals surface area (Å²) < 4.78 is 0. The number of hydrogen-bond acceptors (Lipinski definition) is 4. The Morgan fingerprint density at radius 3 is 2.50 bits per heavy atom. The molecule has 0 aliphatic carbocycles. The van der Waals surface area contributed by atoms with E-state index in [1.165, 1.54) is 11.3 Å². The molecule has 0 aromatic carbocycles. The van der Waals surface area contributed by atoms with Crippen molar-refractivity contribution in [2.75, 3.05) is 0 Å². The second-order valence-corrected chi connectivity index (χ2v) is 4.75. The molecule has 78 valence electrons. The third-order valence-electron chi connectivity index (χ3n) is 1.77. The second kappa shape index (κ2) is 3.67. The number of aromatic nitrogens is 1. The van der Waals surface area contributed by atoms with E-state index in [4.69, 9.17) is 10.8 Å². The molecule has 0 atom stereocenters. The Labute approximate surface area is 86.8 Å². The zero-order valence-corrected chi connectivity index (χ0v) is 9.31. The van der Waals surface area contributed by atoms with E-state index in [1.54, 1.807) is 0 Å². The summed E-state index contributed by atoms with van der Waals surface area (Å²) in [6.45, 7) is 5.54. The van der Waals surface area contributed by atoms with Crippen LogP contribution in [0.5, 0.6) is 0 Å². The van der Waals surface area contributed by atoms with Crippen LogP contribution in [-0.2, 0) is 12.0 Å². The van der Waals surface area contributed by atoms with Crippen molar-refractivity contribution in [2.24, 2.45) is 5.73 Å². The molecular weight excluding hydrogens is 200 g/mol. The van der Waals surface area contributed by atoms with Crippen LogP contribution in [0.15, 0.2) is 0 Å². The van der Waals surface area contributed by atoms with Gasteiger partial charge in [-0.2, -0.15) is 0 Å². The number of hydrogen-bond donors (Lipinski definition) is 2. The number of aryl methyl sites for hydroxylation is 1. The Morgan fingerprint density at radius 1 is 1.64 bits per heavy atom. The molecule has 0 unspecified atom stereocenters. The minimum Gasteiger partial charge on any atom is -0.476 e. The van der Waals surface area contributed by atoms with Crippen LogP contribution < -0.4 is 5.73 Å². The smallest absolute Gasteiger partial charge is 0.355 e. The zero-order valence-electron chi connectivity index (χ0n) is 8.50. The molecule has 0 bridgehead atoms. The molecule has 0 spiro atoms. The van der Waals surface area contributed by atoms with Crippen molar-refractivity contribution in [1.29, 1.82) is 0 Å². The van der Waals surface area contributed by atoms with E-state index < -0.39 is 11.5 Å². The van der Waals surface area contributed by atoms with Crippen molar-refractivity contribution in [3.8, 4) is 0 Å². The van der Waals surface area contributed by atoms with Gasteiger partial charge in [-0.15, -0.1) is 11.3 Å². The molecule has 0 fully saturated rings. The standard InChI is InChI=1S/C9H14N2O2S/c1-4-5-6(7(12)13)11-8(14-5)9(2,3)10/h4,10H2,1-3H3,(H,12,13). The molecule has 0 amide bonds. The average Bonchev–Trinajstić information content (AvgIpc) is 2.45. The van der Waals surface area contributed by atoms with Crippen LogP contribution in [0.2, 0.25) is 0 Å². The Balaban J connectivity index is 3.20. The summed E-state index contributed by atoms with van der Waals surface area (Å²) >= 11 is 1.38. The summed E-state index contributed by atoms with van der Waals surface area (Å²) in [6.07, 6.45) is 0.676. The normalized spacial score (nSPS) is 11.7. The molecule has 1 aromatic heterocycles. The van der Waals surface area contributed by atoms with Gasteiger partial charge in [-0.1, -0.05) is 6.92 Å². The minimum absolute atomic E-state index is 0.144. The molecular formula is C9H14N2O2S. The van der Waals surface area contributed by atoms with Crippen LogP contribution in [0.4, 0.5) is 0 Å². The SMILES string of the molecule is CCc1sc(C(C)(C)N)nc1C(=O)O. The van der Waals surface area contributed by atoms with Gasteiger partial charge in [0.1, 0.15) is 5.01 Å². The quantitative estimate of drug-likeness (QED) is 0.801. The maximum Gasteiger partial charge on any atom is 0.355 e. The molecule has 14 heavy (non-hydrogen) atoms. The van der Waals surface area contributed by atoms with E-state index in [0.29, 0.717) is 11.4 Å². The highest BCUT2D eigenvalue weighted by atomic mass is 32.1. The first-order chi connectivity index (χ1) is 6.36. The predicted molar refractivity (Wildman–Crippen MR) is 55.7 cm³/mol. The number of carbonyl (C=O) groups is 1. The Hall–Kier alpha value is -0.940. The lowest BCUT2D eigenvalue weighted by Crippen LogP contribution is -2.28. The van der Waals surface area contributed by atoms with Crippen LogP contribution in [0.1, 0.15) is 41.1 Å². The van der Waals surface area contributed by atoms with E-state index in [1.807, 2.05) is 20.8 Å². The summed E-state index contributed by atoms with van der Waals surface area (Å²) in [5, 5.41) is 9.55. The Morgan fingerprint density at radius 2 is 2.21 bits per heavy atom. The second-order valence-electron chi connectivity index (χ2n) is 3.67. The van der Waals surface area contributed by atoms with Crippen LogP contribution in [0, 0.1) is 0 Å². The molecule has 0 saturated carbocycles. The van der Waals surface area contributed by atoms with E-state index in [-0.39, 0.29) is 5.69 Å². The molecule has 1 aromatic rings. The van der Waals surface area contributed by atoms with Gasteiger partial charge in [-0.25, -0.2) is 9.78 Å². The summed E-state index contributed by atoms with van der Waals surface area (Å²) in [6, 6.07) is 0. The summed E-state index contributed by atoms with van der Waals surface area (Å²) in [5.74, 6) is -0.978. The van der Waals surface area contributed by atoms with Gasteiger partial charge in [-0.05, 0) is 20.3 Å². The highest BCUT2D eigenvalue weighted by Gasteiger charge is 2.23. The summed E-state index contributed by atoms with van der Waals surface area (Å²) in [5.41, 5.74) is 5.43. The summed E-state index contributed by atoms with van der Waals surface area (Å²) in [7, 11) is 0.